The number of benzene rings is 2. The maximum absolute atomic E-state index is 12.6. The lowest BCUT2D eigenvalue weighted by molar-refractivity contribution is 0.104. The van der Waals surface area contributed by atoms with Crippen LogP contribution in [0.5, 0.6) is 11.5 Å². The van der Waals surface area contributed by atoms with Crippen LogP contribution >= 0.6 is 0 Å². The van der Waals surface area contributed by atoms with Gasteiger partial charge in [0.2, 0.25) is 0 Å². The first kappa shape index (κ1) is 19.7. The maximum atomic E-state index is 12.6. The number of carbonyl (C=O) groups excluding carboxylic acids is 1. The highest BCUT2D eigenvalue weighted by atomic mass is 16.3. The molecule has 26 heavy (non-hydrogen) atoms. The van der Waals surface area contributed by atoms with Crippen molar-refractivity contribution >= 4 is 11.9 Å². The molecule has 2 rings (SSSR count). The molecule has 0 saturated carbocycles. The summed E-state index contributed by atoms with van der Waals surface area (Å²) < 4.78 is 0. The zero-order chi connectivity index (χ0) is 19.3. The molecule has 0 amide bonds. The third-order valence-electron chi connectivity index (χ3n) is 3.85. The van der Waals surface area contributed by atoms with Gasteiger partial charge in [-0.15, -0.1) is 0 Å². The molecule has 2 aromatic rings. The van der Waals surface area contributed by atoms with Crippen LogP contribution in [0, 0.1) is 0 Å². The van der Waals surface area contributed by atoms with Crippen LogP contribution in [-0.4, -0.2) is 54.0 Å². The van der Waals surface area contributed by atoms with Gasteiger partial charge in [0.05, 0.1) is 0 Å². The molecule has 5 heteroatoms. The number of phenols is 2. The highest BCUT2D eigenvalue weighted by molar-refractivity contribution is 6.07. The van der Waals surface area contributed by atoms with Crippen molar-refractivity contribution in [2.75, 3.05) is 28.2 Å². The van der Waals surface area contributed by atoms with Gasteiger partial charge in [-0.25, -0.2) is 0 Å². The second-order valence-electron chi connectivity index (χ2n) is 6.91. The molecule has 0 unspecified atom stereocenters. The molecule has 138 valence electrons. The standard InChI is InChI=1S/C21H26N2O3/c1-22(2)13-17-11-16(12-18(21(17)26)14-23(3)4)20(25)10-7-15-5-8-19(24)9-6-15/h5-12,24,26H,13-14H2,1-4H3/b10-7-. The van der Waals surface area contributed by atoms with Gasteiger partial charge in [0.15, 0.2) is 5.78 Å². The Labute approximate surface area is 154 Å². The van der Waals surface area contributed by atoms with Gasteiger partial charge in [-0.1, -0.05) is 18.2 Å². The van der Waals surface area contributed by atoms with E-state index in [0.29, 0.717) is 18.7 Å². The van der Waals surface area contributed by atoms with Gasteiger partial charge >= 0.3 is 0 Å². The van der Waals surface area contributed by atoms with Crippen LogP contribution < -0.4 is 0 Å². The summed E-state index contributed by atoms with van der Waals surface area (Å²) in [6.45, 7) is 1.10. The van der Waals surface area contributed by atoms with E-state index in [1.165, 1.54) is 6.08 Å². The van der Waals surface area contributed by atoms with Crippen LogP contribution in [0.15, 0.2) is 42.5 Å². The van der Waals surface area contributed by atoms with E-state index in [9.17, 15) is 15.0 Å². The molecule has 0 heterocycles. The smallest absolute Gasteiger partial charge is 0.185 e. The quantitative estimate of drug-likeness (QED) is 0.591. The summed E-state index contributed by atoms with van der Waals surface area (Å²) in [4.78, 5) is 16.5. The van der Waals surface area contributed by atoms with Gasteiger partial charge in [0.1, 0.15) is 11.5 Å². The Hall–Kier alpha value is -2.63. The first-order chi connectivity index (χ1) is 12.3. The fourth-order valence-electron chi connectivity index (χ4n) is 2.68. The van der Waals surface area contributed by atoms with E-state index in [-0.39, 0.29) is 17.3 Å². The monoisotopic (exact) mass is 354 g/mol. The first-order valence-corrected chi connectivity index (χ1v) is 8.42. The third-order valence-corrected chi connectivity index (χ3v) is 3.85. The second kappa shape index (κ2) is 8.65. The summed E-state index contributed by atoms with van der Waals surface area (Å²) >= 11 is 0. The second-order valence-corrected chi connectivity index (χ2v) is 6.91. The van der Waals surface area contributed by atoms with Gasteiger partial charge in [-0.3, -0.25) is 4.79 Å². The Morgan fingerprint density at radius 3 is 1.88 bits per heavy atom. The third kappa shape index (κ3) is 5.44. The van der Waals surface area contributed by atoms with Crippen LogP contribution in [0.25, 0.3) is 6.08 Å². The summed E-state index contributed by atoms with van der Waals surface area (Å²) in [6, 6.07) is 10.1. The Kier molecular flexibility index (Phi) is 6.55. The zero-order valence-electron chi connectivity index (χ0n) is 15.7. The average molecular weight is 354 g/mol. The molecule has 0 aliphatic rings. The minimum atomic E-state index is -0.127. The summed E-state index contributed by atoms with van der Waals surface area (Å²) in [5.74, 6) is 0.304. The van der Waals surface area contributed by atoms with Crippen LogP contribution in [0.3, 0.4) is 0 Å². The molecular formula is C21H26N2O3. The van der Waals surface area contributed by atoms with Crippen LogP contribution in [0.1, 0.15) is 27.0 Å². The van der Waals surface area contributed by atoms with Gasteiger partial charge in [-0.05, 0) is 64.1 Å². The lowest BCUT2D eigenvalue weighted by atomic mass is 10.00. The fourth-order valence-corrected chi connectivity index (χ4v) is 2.68. The summed E-state index contributed by atoms with van der Waals surface area (Å²) in [7, 11) is 7.68. The van der Waals surface area contributed by atoms with Crippen molar-refractivity contribution in [1.29, 1.82) is 0 Å². The van der Waals surface area contributed by atoms with Crippen molar-refractivity contribution in [2.45, 2.75) is 13.1 Å². The van der Waals surface area contributed by atoms with Gasteiger partial charge < -0.3 is 20.0 Å². The largest absolute Gasteiger partial charge is 0.508 e. The Bertz CT molecular complexity index is 762. The lowest BCUT2D eigenvalue weighted by Crippen LogP contribution is -2.15. The molecule has 2 N–H and O–H groups in total. The van der Waals surface area contributed by atoms with E-state index >= 15 is 0 Å². The maximum Gasteiger partial charge on any atom is 0.185 e. The van der Waals surface area contributed by atoms with Gasteiger partial charge in [0, 0.05) is 29.8 Å². The average Bonchev–Trinajstić information content (AvgIpc) is 2.56. The highest BCUT2D eigenvalue weighted by Crippen LogP contribution is 2.27. The predicted octanol–water partition coefficient (Wildman–Crippen LogP) is 3.12. The van der Waals surface area contributed by atoms with Crippen molar-refractivity contribution < 1.29 is 15.0 Å². The molecule has 0 aromatic heterocycles. The van der Waals surface area contributed by atoms with E-state index in [1.54, 1.807) is 42.5 Å². The molecule has 0 aliphatic heterocycles. The Morgan fingerprint density at radius 2 is 1.42 bits per heavy atom. The number of carbonyl (C=O) groups is 1. The number of allylic oxidation sites excluding steroid dienone is 1. The Morgan fingerprint density at radius 1 is 0.923 bits per heavy atom. The van der Waals surface area contributed by atoms with Crippen molar-refractivity contribution in [1.82, 2.24) is 9.80 Å². The first-order valence-electron chi connectivity index (χ1n) is 8.42. The van der Waals surface area contributed by atoms with Gasteiger partial charge in [-0.2, -0.15) is 0 Å². The summed E-state index contributed by atoms with van der Waals surface area (Å²) in [6.07, 6.45) is 3.23. The molecule has 5 nitrogen and oxygen atoms in total. The van der Waals surface area contributed by atoms with E-state index in [4.69, 9.17) is 0 Å². The number of aromatic hydroxyl groups is 2. The molecule has 0 radical (unpaired) electrons. The molecule has 0 atom stereocenters. The van der Waals surface area contributed by atoms with E-state index in [0.717, 1.165) is 16.7 Å². The molecule has 0 fully saturated rings. The van der Waals surface area contributed by atoms with Crippen LogP contribution in [0.2, 0.25) is 0 Å². The topological polar surface area (TPSA) is 64.0 Å². The van der Waals surface area contributed by atoms with Crippen LogP contribution in [0.4, 0.5) is 0 Å². The predicted molar refractivity (Wildman–Crippen MR) is 104 cm³/mol. The van der Waals surface area contributed by atoms with Crippen LogP contribution in [-0.2, 0) is 13.1 Å². The van der Waals surface area contributed by atoms with Crippen molar-refractivity contribution in [3.8, 4) is 11.5 Å². The minimum Gasteiger partial charge on any atom is -0.508 e. The number of nitrogens with zero attached hydrogens (tertiary/aromatic N) is 2. The lowest BCUT2D eigenvalue weighted by Gasteiger charge is -2.17. The van der Waals surface area contributed by atoms with Crippen molar-refractivity contribution in [2.24, 2.45) is 0 Å². The van der Waals surface area contributed by atoms with E-state index in [2.05, 4.69) is 0 Å². The zero-order valence-corrected chi connectivity index (χ0v) is 15.7. The molecule has 0 spiro atoms. The number of hydrogen-bond acceptors (Lipinski definition) is 5. The minimum absolute atomic E-state index is 0.127. The molecule has 0 saturated heterocycles. The molecule has 0 aliphatic carbocycles. The summed E-state index contributed by atoms with van der Waals surface area (Å²) in [5, 5.41) is 19.8. The normalized spacial score (nSPS) is 11.6. The number of phenolic OH excluding ortho intramolecular Hbond substituents is 2. The van der Waals surface area contributed by atoms with Crippen molar-refractivity contribution in [3.63, 3.8) is 0 Å². The molecule has 2 aromatic carbocycles. The van der Waals surface area contributed by atoms with Gasteiger partial charge in [0.25, 0.3) is 0 Å². The number of ketones is 1. The fraction of sp³-hybridized carbons (Fsp3) is 0.286. The molecular weight excluding hydrogens is 328 g/mol. The highest BCUT2D eigenvalue weighted by Gasteiger charge is 2.14. The number of hydrogen-bond donors (Lipinski definition) is 2. The van der Waals surface area contributed by atoms with E-state index in [1.807, 2.05) is 38.0 Å². The Balaban J connectivity index is 2.33. The van der Waals surface area contributed by atoms with E-state index < -0.39 is 0 Å². The SMILES string of the molecule is CN(C)Cc1cc(C(=O)/C=C\c2ccc(O)cc2)cc(CN(C)C)c1O. The van der Waals surface area contributed by atoms with Crippen molar-refractivity contribution in [3.05, 3.63) is 64.7 Å². The number of rotatable bonds is 7. The molecule has 0 bridgehead atoms. The summed E-state index contributed by atoms with van der Waals surface area (Å²) in [5.41, 5.74) is 2.84.